The second-order valence-electron chi connectivity index (χ2n) is 5.69. The zero-order valence-corrected chi connectivity index (χ0v) is 12.6. The van der Waals surface area contributed by atoms with Crippen LogP contribution in [0, 0.1) is 0 Å². The van der Waals surface area contributed by atoms with E-state index >= 15 is 0 Å². The van der Waals surface area contributed by atoms with Crippen molar-refractivity contribution in [3.8, 4) is 0 Å². The third-order valence-corrected chi connectivity index (χ3v) is 5.50. The Morgan fingerprint density at radius 3 is 3.05 bits per heavy atom. The average Bonchev–Trinajstić information content (AvgIpc) is 3.24. The molecule has 2 unspecified atom stereocenters. The van der Waals surface area contributed by atoms with Crippen molar-refractivity contribution < 1.29 is 0 Å². The van der Waals surface area contributed by atoms with Crippen LogP contribution in [0.3, 0.4) is 0 Å². The fourth-order valence-electron chi connectivity index (χ4n) is 2.53. The molecule has 19 heavy (non-hydrogen) atoms. The van der Waals surface area contributed by atoms with Crippen molar-refractivity contribution >= 4 is 17.6 Å². The summed E-state index contributed by atoms with van der Waals surface area (Å²) in [4.78, 5) is 7.04. The van der Waals surface area contributed by atoms with Crippen LogP contribution in [0.1, 0.15) is 32.3 Å². The Labute approximate surface area is 120 Å². The lowest BCUT2D eigenvalue weighted by molar-refractivity contribution is 0.619. The van der Waals surface area contributed by atoms with Crippen LogP contribution in [0.2, 0.25) is 0 Å². The summed E-state index contributed by atoms with van der Waals surface area (Å²) >= 11 is 2.07. The molecule has 1 aromatic heterocycles. The Balaban J connectivity index is 1.70. The maximum Gasteiger partial charge on any atom is 0.129 e. The summed E-state index contributed by atoms with van der Waals surface area (Å²) in [5.74, 6) is 2.35. The summed E-state index contributed by atoms with van der Waals surface area (Å²) in [5.41, 5.74) is 1.36. The smallest absolute Gasteiger partial charge is 0.129 e. The summed E-state index contributed by atoms with van der Waals surface area (Å²) < 4.78 is 0. The normalized spacial score (nSPS) is 27.6. The molecule has 1 aliphatic heterocycles. The minimum Gasteiger partial charge on any atom is -0.352 e. The first-order chi connectivity index (χ1) is 9.24. The number of anilines is 1. The van der Waals surface area contributed by atoms with E-state index in [9.17, 15) is 0 Å². The fourth-order valence-corrected chi connectivity index (χ4v) is 3.63. The summed E-state index contributed by atoms with van der Waals surface area (Å²) in [6.45, 7) is 6.73. The first-order valence-corrected chi connectivity index (χ1v) is 8.35. The molecular weight excluding hydrogens is 254 g/mol. The van der Waals surface area contributed by atoms with E-state index in [0.717, 1.165) is 24.9 Å². The van der Waals surface area contributed by atoms with Gasteiger partial charge < -0.3 is 10.2 Å². The molecule has 0 bridgehead atoms. The molecule has 0 radical (unpaired) electrons. The molecule has 104 valence electrons. The summed E-state index contributed by atoms with van der Waals surface area (Å²) in [7, 11) is 0. The van der Waals surface area contributed by atoms with Crippen LogP contribution in [-0.2, 0) is 6.54 Å². The second-order valence-corrected chi connectivity index (χ2v) is 7.17. The molecule has 1 aromatic rings. The van der Waals surface area contributed by atoms with Crippen molar-refractivity contribution in [2.24, 2.45) is 0 Å². The van der Waals surface area contributed by atoms with Crippen LogP contribution in [0.4, 0.5) is 5.82 Å². The summed E-state index contributed by atoms with van der Waals surface area (Å²) in [6.07, 6.45) is 4.64. The molecule has 0 spiro atoms. The standard InChI is InChI=1S/C15H23N3S/c1-11-12(2)19-8-7-18(11)15-9-13(5-6-16-15)10-17-14-3-4-14/h5-6,9,11-12,14,17H,3-4,7-8,10H2,1-2H3. The molecule has 1 N–H and O–H groups in total. The van der Waals surface area contributed by atoms with Gasteiger partial charge in [0.2, 0.25) is 0 Å². The van der Waals surface area contributed by atoms with E-state index in [4.69, 9.17) is 0 Å². The van der Waals surface area contributed by atoms with Gasteiger partial charge in [-0.3, -0.25) is 0 Å². The number of hydrogen-bond donors (Lipinski definition) is 1. The number of nitrogens with zero attached hydrogens (tertiary/aromatic N) is 2. The lowest BCUT2D eigenvalue weighted by Gasteiger charge is -2.38. The zero-order valence-electron chi connectivity index (χ0n) is 11.8. The van der Waals surface area contributed by atoms with E-state index in [-0.39, 0.29) is 0 Å². The van der Waals surface area contributed by atoms with Crippen molar-refractivity contribution in [1.82, 2.24) is 10.3 Å². The van der Waals surface area contributed by atoms with E-state index in [1.807, 2.05) is 6.20 Å². The van der Waals surface area contributed by atoms with E-state index in [2.05, 4.69) is 52.9 Å². The predicted octanol–water partition coefficient (Wildman–Crippen LogP) is 2.66. The number of aromatic nitrogens is 1. The molecule has 2 atom stereocenters. The van der Waals surface area contributed by atoms with Crippen molar-refractivity contribution in [1.29, 1.82) is 0 Å². The van der Waals surface area contributed by atoms with Gasteiger partial charge in [-0.1, -0.05) is 6.92 Å². The SMILES string of the molecule is CC1SCCN(c2cc(CNC3CC3)ccn2)C1C. The lowest BCUT2D eigenvalue weighted by Crippen LogP contribution is -2.45. The molecule has 1 saturated carbocycles. The Morgan fingerprint density at radius 1 is 1.42 bits per heavy atom. The van der Waals surface area contributed by atoms with Gasteiger partial charge in [0.1, 0.15) is 5.82 Å². The Hall–Kier alpha value is -0.740. The Kier molecular flexibility index (Phi) is 3.99. The average molecular weight is 277 g/mol. The second kappa shape index (κ2) is 5.71. The van der Waals surface area contributed by atoms with Gasteiger partial charge in [0.05, 0.1) is 0 Å². The number of nitrogens with one attached hydrogen (secondary N) is 1. The van der Waals surface area contributed by atoms with Crippen molar-refractivity contribution in [2.75, 3.05) is 17.2 Å². The van der Waals surface area contributed by atoms with Crippen LogP contribution >= 0.6 is 11.8 Å². The first-order valence-electron chi connectivity index (χ1n) is 7.30. The molecule has 1 saturated heterocycles. The third-order valence-electron chi connectivity index (χ3n) is 4.16. The molecular formula is C15H23N3S. The number of rotatable bonds is 4. The van der Waals surface area contributed by atoms with Gasteiger partial charge in [-0.15, -0.1) is 0 Å². The van der Waals surface area contributed by atoms with Crippen LogP contribution in [0.5, 0.6) is 0 Å². The highest BCUT2D eigenvalue weighted by Crippen LogP contribution is 2.28. The number of pyridine rings is 1. The van der Waals surface area contributed by atoms with Crippen LogP contribution in [0.25, 0.3) is 0 Å². The Bertz CT molecular complexity index is 433. The van der Waals surface area contributed by atoms with Gasteiger partial charge in [0, 0.05) is 42.4 Å². The van der Waals surface area contributed by atoms with Crippen molar-refractivity contribution in [3.63, 3.8) is 0 Å². The van der Waals surface area contributed by atoms with Crippen molar-refractivity contribution in [3.05, 3.63) is 23.9 Å². The monoisotopic (exact) mass is 277 g/mol. The van der Waals surface area contributed by atoms with Crippen LogP contribution in [0.15, 0.2) is 18.3 Å². The quantitative estimate of drug-likeness (QED) is 0.916. The lowest BCUT2D eigenvalue weighted by atomic mass is 10.2. The summed E-state index contributed by atoms with van der Waals surface area (Å²) in [5, 5.41) is 4.26. The summed E-state index contributed by atoms with van der Waals surface area (Å²) in [6, 6.07) is 5.72. The number of hydrogen-bond acceptors (Lipinski definition) is 4. The minimum atomic E-state index is 0.567. The van der Waals surface area contributed by atoms with Crippen molar-refractivity contribution in [2.45, 2.75) is 50.6 Å². The molecule has 3 rings (SSSR count). The molecule has 3 nitrogen and oxygen atoms in total. The third kappa shape index (κ3) is 3.23. The van der Waals surface area contributed by atoms with Gasteiger partial charge >= 0.3 is 0 Å². The van der Waals surface area contributed by atoms with Gasteiger partial charge in [-0.2, -0.15) is 11.8 Å². The van der Waals surface area contributed by atoms with Gasteiger partial charge in [0.15, 0.2) is 0 Å². The highest BCUT2D eigenvalue weighted by Gasteiger charge is 2.26. The molecule has 0 amide bonds. The van der Waals surface area contributed by atoms with Gasteiger partial charge in [0.25, 0.3) is 0 Å². The molecule has 1 aliphatic carbocycles. The number of thioether (sulfide) groups is 1. The predicted molar refractivity (Wildman–Crippen MR) is 82.8 cm³/mol. The molecule has 2 fully saturated rings. The van der Waals surface area contributed by atoms with Crippen LogP contribution in [-0.4, -0.2) is 34.6 Å². The molecule has 2 aliphatic rings. The first kappa shape index (κ1) is 13.3. The van der Waals surface area contributed by atoms with Gasteiger partial charge in [-0.25, -0.2) is 4.98 Å². The van der Waals surface area contributed by atoms with E-state index in [0.29, 0.717) is 11.3 Å². The van der Waals surface area contributed by atoms with E-state index in [1.54, 1.807) is 0 Å². The minimum absolute atomic E-state index is 0.567. The maximum absolute atomic E-state index is 4.58. The largest absolute Gasteiger partial charge is 0.352 e. The highest BCUT2D eigenvalue weighted by atomic mass is 32.2. The zero-order chi connectivity index (χ0) is 13.2. The molecule has 0 aromatic carbocycles. The fraction of sp³-hybridized carbons (Fsp3) is 0.667. The van der Waals surface area contributed by atoms with E-state index < -0.39 is 0 Å². The molecule has 4 heteroatoms. The topological polar surface area (TPSA) is 28.2 Å². The van der Waals surface area contributed by atoms with Crippen LogP contribution < -0.4 is 10.2 Å². The van der Waals surface area contributed by atoms with E-state index in [1.165, 1.54) is 24.2 Å². The maximum atomic E-state index is 4.58. The highest BCUT2D eigenvalue weighted by molar-refractivity contribution is 8.00. The Morgan fingerprint density at radius 2 is 2.26 bits per heavy atom. The van der Waals surface area contributed by atoms with Gasteiger partial charge in [-0.05, 0) is 37.5 Å². The molecule has 2 heterocycles.